The van der Waals surface area contributed by atoms with Gasteiger partial charge in [0.15, 0.2) is 0 Å². The number of unbranched alkanes of at least 4 members (excludes halogenated alkanes) is 1. The number of ether oxygens (including phenoxy) is 2. The topological polar surface area (TPSA) is 123 Å². The van der Waals surface area contributed by atoms with Gasteiger partial charge in [0, 0.05) is 12.2 Å². The summed E-state index contributed by atoms with van der Waals surface area (Å²) in [5, 5.41) is 5.16. The number of benzene rings is 2. The molecule has 0 aliphatic rings. The van der Waals surface area contributed by atoms with Crippen LogP contribution in [-0.2, 0) is 14.8 Å². The molecule has 2 aromatic rings. The van der Waals surface area contributed by atoms with E-state index in [9.17, 15) is 18.0 Å². The van der Waals surface area contributed by atoms with Crippen molar-refractivity contribution in [3.63, 3.8) is 0 Å². The summed E-state index contributed by atoms with van der Waals surface area (Å²) in [6, 6.07) is 11.9. The van der Waals surface area contributed by atoms with Gasteiger partial charge in [0.05, 0.1) is 24.5 Å². The first-order valence-corrected chi connectivity index (χ1v) is 11.9. The van der Waals surface area contributed by atoms with Crippen molar-refractivity contribution in [1.29, 1.82) is 0 Å². The first kappa shape index (κ1) is 25.0. The van der Waals surface area contributed by atoms with E-state index in [1.807, 2.05) is 18.6 Å². The summed E-state index contributed by atoms with van der Waals surface area (Å²) in [5.74, 6) is 1.09. The SMILES string of the molecule is CCCCNC(=O)NS(=O)(=O)c1ccc(NC(=O)CCOc2ccc(OCC)cc2)cc1. The van der Waals surface area contributed by atoms with E-state index in [1.165, 1.54) is 24.3 Å². The fourth-order valence-corrected chi connectivity index (χ4v) is 3.53. The highest BCUT2D eigenvalue weighted by atomic mass is 32.2. The van der Waals surface area contributed by atoms with Crippen molar-refractivity contribution in [3.8, 4) is 11.5 Å². The Hall–Kier alpha value is -3.27. The minimum Gasteiger partial charge on any atom is -0.494 e. The highest BCUT2D eigenvalue weighted by molar-refractivity contribution is 7.90. The number of carbonyl (C=O) groups excluding carboxylic acids is 2. The smallest absolute Gasteiger partial charge is 0.328 e. The number of amides is 3. The first-order valence-electron chi connectivity index (χ1n) is 10.4. The highest BCUT2D eigenvalue weighted by Gasteiger charge is 2.17. The van der Waals surface area contributed by atoms with Crippen molar-refractivity contribution < 1.29 is 27.5 Å². The van der Waals surface area contributed by atoms with Gasteiger partial charge in [0.2, 0.25) is 5.91 Å². The summed E-state index contributed by atoms with van der Waals surface area (Å²) >= 11 is 0. The van der Waals surface area contributed by atoms with Gasteiger partial charge in [-0.2, -0.15) is 0 Å². The first-order chi connectivity index (χ1) is 15.3. The average Bonchev–Trinajstić information content (AvgIpc) is 2.75. The third-order valence-corrected chi connectivity index (χ3v) is 5.57. The lowest BCUT2D eigenvalue weighted by Gasteiger charge is -2.10. The van der Waals surface area contributed by atoms with E-state index in [0.717, 1.165) is 18.6 Å². The lowest BCUT2D eigenvalue weighted by atomic mass is 10.3. The van der Waals surface area contributed by atoms with Crippen molar-refractivity contribution in [1.82, 2.24) is 10.0 Å². The van der Waals surface area contributed by atoms with E-state index in [-0.39, 0.29) is 23.8 Å². The number of rotatable bonds is 12. The molecule has 0 aliphatic carbocycles. The number of sulfonamides is 1. The lowest BCUT2D eigenvalue weighted by molar-refractivity contribution is -0.116. The van der Waals surface area contributed by atoms with Gasteiger partial charge in [0.1, 0.15) is 11.5 Å². The number of anilines is 1. The molecule has 0 radical (unpaired) electrons. The van der Waals surface area contributed by atoms with Gasteiger partial charge in [0.25, 0.3) is 10.0 Å². The van der Waals surface area contributed by atoms with Crippen LogP contribution in [0.25, 0.3) is 0 Å². The number of carbonyl (C=O) groups is 2. The Morgan fingerprint density at radius 3 is 2.12 bits per heavy atom. The molecule has 3 amide bonds. The normalized spacial score (nSPS) is 10.8. The lowest BCUT2D eigenvalue weighted by Crippen LogP contribution is -2.39. The Morgan fingerprint density at radius 1 is 0.906 bits per heavy atom. The zero-order chi connectivity index (χ0) is 23.4. The Morgan fingerprint density at radius 2 is 1.53 bits per heavy atom. The van der Waals surface area contributed by atoms with Crippen LogP contribution in [0.4, 0.5) is 10.5 Å². The fourth-order valence-electron chi connectivity index (χ4n) is 2.60. The largest absolute Gasteiger partial charge is 0.494 e. The molecule has 0 saturated heterocycles. The van der Waals surface area contributed by atoms with Crippen LogP contribution in [0.1, 0.15) is 33.1 Å². The molecule has 2 aromatic carbocycles. The second-order valence-electron chi connectivity index (χ2n) is 6.79. The van der Waals surface area contributed by atoms with Crippen molar-refractivity contribution in [2.45, 2.75) is 38.0 Å². The standard InChI is InChI=1S/C22H29N3O6S/c1-3-5-15-23-22(27)25-32(28,29)20-12-6-17(7-13-20)24-21(26)14-16-31-19-10-8-18(9-11-19)30-4-2/h6-13H,3-5,14-16H2,1-2H3,(H,24,26)(H2,23,25,27). The maximum atomic E-state index is 12.3. The molecule has 10 heteroatoms. The molecular formula is C22H29N3O6S. The Bertz CT molecular complexity index is 976. The van der Waals surface area contributed by atoms with E-state index < -0.39 is 16.1 Å². The van der Waals surface area contributed by atoms with Crippen molar-refractivity contribution in [2.75, 3.05) is 25.1 Å². The van der Waals surface area contributed by atoms with Crippen LogP contribution < -0.4 is 24.8 Å². The number of nitrogens with one attached hydrogen (secondary N) is 3. The summed E-state index contributed by atoms with van der Waals surface area (Å²) in [4.78, 5) is 23.7. The van der Waals surface area contributed by atoms with Gasteiger partial charge >= 0.3 is 6.03 Å². The molecule has 0 aliphatic heterocycles. The van der Waals surface area contributed by atoms with Gasteiger partial charge < -0.3 is 20.1 Å². The van der Waals surface area contributed by atoms with Crippen LogP contribution in [0, 0.1) is 0 Å². The molecule has 0 fully saturated rings. The van der Waals surface area contributed by atoms with E-state index >= 15 is 0 Å². The molecule has 32 heavy (non-hydrogen) atoms. The maximum absolute atomic E-state index is 12.3. The molecule has 0 bridgehead atoms. The Kier molecular flexibility index (Phi) is 9.80. The Balaban J connectivity index is 1.79. The van der Waals surface area contributed by atoms with Crippen LogP contribution in [-0.4, -0.2) is 40.1 Å². The third kappa shape index (κ3) is 8.46. The molecule has 0 unspecified atom stereocenters. The molecule has 0 spiro atoms. The van der Waals surface area contributed by atoms with Crippen LogP contribution in [0.15, 0.2) is 53.4 Å². The summed E-state index contributed by atoms with van der Waals surface area (Å²) < 4.78 is 37.4. The van der Waals surface area contributed by atoms with Crippen molar-refractivity contribution >= 4 is 27.6 Å². The van der Waals surface area contributed by atoms with Gasteiger partial charge in [-0.05, 0) is 61.9 Å². The predicted molar refractivity (Wildman–Crippen MR) is 121 cm³/mol. The molecule has 0 atom stereocenters. The third-order valence-electron chi connectivity index (χ3n) is 4.22. The molecule has 0 heterocycles. The number of urea groups is 1. The van der Waals surface area contributed by atoms with Crippen LogP contribution >= 0.6 is 0 Å². The van der Waals surface area contributed by atoms with E-state index in [2.05, 4.69) is 10.6 Å². The number of hydrogen-bond acceptors (Lipinski definition) is 6. The van der Waals surface area contributed by atoms with Gasteiger partial charge in [-0.15, -0.1) is 0 Å². The zero-order valence-electron chi connectivity index (χ0n) is 18.2. The van der Waals surface area contributed by atoms with Crippen LogP contribution in [0.2, 0.25) is 0 Å². The maximum Gasteiger partial charge on any atom is 0.328 e. The summed E-state index contributed by atoms with van der Waals surface area (Å²) in [6.07, 6.45) is 1.76. The monoisotopic (exact) mass is 463 g/mol. The molecule has 0 aromatic heterocycles. The van der Waals surface area contributed by atoms with E-state index in [0.29, 0.717) is 24.6 Å². The minimum absolute atomic E-state index is 0.0834. The summed E-state index contributed by atoms with van der Waals surface area (Å²) in [6.45, 7) is 5.03. The number of hydrogen-bond donors (Lipinski definition) is 3. The highest BCUT2D eigenvalue weighted by Crippen LogP contribution is 2.18. The molecular weight excluding hydrogens is 434 g/mol. The zero-order valence-corrected chi connectivity index (χ0v) is 19.0. The summed E-state index contributed by atoms with van der Waals surface area (Å²) in [5.41, 5.74) is 0.433. The van der Waals surface area contributed by atoms with E-state index in [4.69, 9.17) is 9.47 Å². The fraction of sp³-hybridized carbons (Fsp3) is 0.364. The average molecular weight is 464 g/mol. The van der Waals surface area contributed by atoms with Crippen LogP contribution in [0.3, 0.4) is 0 Å². The summed E-state index contributed by atoms with van der Waals surface area (Å²) in [7, 11) is -4.00. The van der Waals surface area contributed by atoms with Crippen LogP contribution in [0.5, 0.6) is 11.5 Å². The minimum atomic E-state index is -4.00. The van der Waals surface area contributed by atoms with Crippen molar-refractivity contribution in [2.24, 2.45) is 0 Å². The van der Waals surface area contributed by atoms with Gasteiger partial charge in [-0.1, -0.05) is 13.3 Å². The molecule has 9 nitrogen and oxygen atoms in total. The predicted octanol–water partition coefficient (Wildman–Crippen LogP) is 3.28. The molecule has 3 N–H and O–H groups in total. The van der Waals surface area contributed by atoms with Gasteiger partial charge in [-0.3, -0.25) is 4.79 Å². The van der Waals surface area contributed by atoms with Crippen molar-refractivity contribution in [3.05, 3.63) is 48.5 Å². The second kappa shape index (κ2) is 12.6. The second-order valence-corrected chi connectivity index (χ2v) is 8.47. The quantitative estimate of drug-likeness (QED) is 0.415. The van der Waals surface area contributed by atoms with E-state index in [1.54, 1.807) is 24.3 Å². The molecule has 174 valence electrons. The van der Waals surface area contributed by atoms with Gasteiger partial charge in [-0.25, -0.2) is 17.9 Å². The Labute approximate surface area is 188 Å². The molecule has 0 saturated carbocycles. The molecule has 2 rings (SSSR count).